The minimum atomic E-state index is -4.40. The summed E-state index contributed by atoms with van der Waals surface area (Å²) in [5.74, 6) is -0.330. The van der Waals surface area contributed by atoms with Crippen molar-refractivity contribution >= 4 is 11.5 Å². The van der Waals surface area contributed by atoms with Gasteiger partial charge in [0.15, 0.2) is 0 Å². The van der Waals surface area contributed by atoms with Crippen molar-refractivity contribution in [3.05, 3.63) is 64.8 Å². The number of hydrogen-bond donors (Lipinski definition) is 0. The lowest BCUT2D eigenvalue weighted by Gasteiger charge is -2.08. The molecule has 0 saturated heterocycles. The van der Waals surface area contributed by atoms with Crippen LogP contribution in [-0.2, 0) is 16.0 Å². The first-order valence-electron chi connectivity index (χ1n) is 7.99. The Hall–Kier alpha value is -2.30. The highest BCUT2D eigenvalue weighted by Gasteiger charge is 2.31. The predicted octanol–water partition coefficient (Wildman–Crippen LogP) is 5.65. The lowest BCUT2D eigenvalue weighted by atomic mass is 10.0. The summed E-state index contributed by atoms with van der Waals surface area (Å²) in [4.78, 5) is 11.5. The second-order valence-corrected chi connectivity index (χ2v) is 5.87. The Balaban J connectivity index is 3.07. The molecule has 0 bridgehead atoms. The van der Waals surface area contributed by atoms with Gasteiger partial charge in [-0.15, -0.1) is 0 Å². The van der Waals surface area contributed by atoms with E-state index in [9.17, 15) is 18.0 Å². The van der Waals surface area contributed by atoms with Crippen LogP contribution in [0.4, 0.5) is 13.2 Å². The highest BCUT2D eigenvalue weighted by atomic mass is 19.4. The van der Waals surface area contributed by atoms with Crippen molar-refractivity contribution in [3.63, 3.8) is 0 Å². The number of ether oxygens (including phenoxy) is 1. The van der Waals surface area contributed by atoms with Gasteiger partial charge in [-0.3, -0.25) is 4.79 Å². The molecule has 136 valence electrons. The highest BCUT2D eigenvalue weighted by Crippen LogP contribution is 2.28. The maximum atomic E-state index is 13.0. The van der Waals surface area contributed by atoms with E-state index in [2.05, 4.69) is 0 Å². The van der Waals surface area contributed by atoms with Gasteiger partial charge in [-0.2, -0.15) is 13.2 Å². The van der Waals surface area contributed by atoms with Gasteiger partial charge in [0.25, 0.3) is 0 Å². The third-order valence-corrected chi connectivity index (χ3v) is 3.32. The van der Waals surface area contributed by atoms with Gasteiger partial charge < -0.3 is 4.74 Å². The molecule has 0 atom stereocenters. The van der Waals surface area contributed by atoms with Crippen LogP contribution in [0.15, 0.2) is 53.6 Å². The Morgan fingerprint density at radius 2 is 1.84 bits per heavy atom. The predicted molar refractivity (Wildman–Crippen MR) is 94.0 cm³/mol. The molecule has 0 aliphatic heterocycles. The standard InChI is InChI=1S/C20H23F3O2/c1-5-25-19(24)13-16-7-6-8-17(12-16)15(4)9-10-18(11-14(2)3)20(21,22)23/h6-12H,5,13H2,1-4H3/b15-9+,18-10+. The molecule has 0 heterocycles. The minimum absolute atomic E-state index is 0.135. The van der Waals surface area contributed by atoms with Crippen LogP contribution in [0.25, 0.3) is 5.57 Å². The summed E-state index contributed by atoms with van der Waals surface area (Å²) >= 11 is 0. The number of halogens is 3. The first-order valence-corrected chi connectivity index (χ1v) is 7.99. The van der Waals surface area contributed by atoms with Crippen LogP contribution >= 0.6 is 0 Å². The van der Waals surface area contributed by atoms with Crippen molar-refractivity contribution in [1.82, 2.24) is 0 Å². The first-order chi connectivity index (χ1) is 11.6. The average molecular weight is 352 g/mol. The molecule has 2 nitrogen and oxygen atoms in total. The molecule has 0 saturated carbocycles. The second-order valence-electron chi connectivity index (χ2n) is 5.87. The van der Waals surface area contributed by atoms with Crippen molar-refractivity contribution in [3.8, 4) is 0 Å². The van der Waals surface area contributed by atoms with Crippen LogP contribution in [-0.4, -0.2) is 18.8 Å². The summed E-state index contributed by atoms with van der Waals surface area (Å²) in [5, 5.41) is 0. The Morgan fingerprint density at radius 1 is 1.16 bits per heavy atom. The molecule has 0 fully saturated rings. The summed E-state index contributed by atoms with van der Waals surface area (Å²) < 4.78 is 44.0. The number of carbonyl (C=O) groups is 1. The molecule has 1 aromatic carbocycles. The Labute approximate surface area is 146 Å². The topological polar surface area (TPSA) is 26.3 Å². The van der Waals surface area contributed by atoms with Crippen molar-refractivity contribution in [2.24, 2.45) is 0 Å². The van der Waals surface area contributed by atoms with Crippen LogP contribution < -0.4 is 0 Å². The van der Waals surface area contributed by atoms with E-state index in [1.54, 1.807) is 52.0 Å². The van der Waals surface area contributed by atoms with Gasteiger partial charge in [-0.05, 0) is 50.5 Å². The van der Waals surface area contributed by atoms with Gasteiger partial charge in [-0.1, -0.05) is 42.0 Å². The minimum Gasteiger partial charge on any atom is -0.466 e. The largest absolute Gasteiger partial charge is 0.466 e. The summed E-state index contributed by atoms with van der Waals surface area (Å²) in [6, 6.07) is 7.13. The van der Waals surface area contributed by atoms with E-state index in [0.717, 1.165) is 23.3 Å². The van der Waals surface area contributed by atoms with Crippen LogP contribution in [0.1, 0.15) is 38.8 Å². The molecule has 0 unspecified atom stereocenters. The summed E-state index contributed by atoms with van der Waals surface area (Å²) in [5.41, 5.74) is 2.07. The number of esters is 1. The molecule has 1 rings (SSSR count). The molecule has 0 N–H and O–H groups in total. The number of rotatable bonds is 6. The van der Waals surface area contributed by atoms with Gasteiger partial charge in [0.2, 0.25) is 0 Å². The fourth-order valence-corrected chi connectivity index (χ4v) is 2.15. The van der Waals surface area contributed by atoms with Gasteiger partial charge in [-0.25, -0.2) is 0 Å². The van der Waals surface area contributed by atoms with Crippen LogP contribution in [0.2, 0.25) is 0 Å². The molecule has 0 aliphatic carbocycles. The molecule has 0 aromatic heterocycles. The van der Waals surface area contributed by atoms with Crippen molar-refractivity contribution < 1.29 is 22.7 Å². The average Bonchev–Trinajstić information content (AvgIpc) is 2.50. The van der Waals surface area contributed by atoms with E-state index in [1.807, 2.05) is 0 Å². The molecule has 1 aromatic rings. The molecule has 0 aliphatic rings. The van der Waals surface area contributed by atoms with Crippen LogP contribution in [0.5, 0.6) is 0 Å². The van der Waals surface area contributed by atoms with Crippen molar-refractivity contribution in [1.29, 1.82) is 0 Å². The lowest BCUT2D eigenvalue weighted by Crippen LogP contribution is -2.10. The lowest BCUT2D eigenvalue weighted by molar-refractivity contribution is -0.142. The Kier molecular flexibility index (Phi) is 7.68. The molecule has 0 radical (unpaired) electrons. The summed E-state index contributed by atoms with van der Waals surface area (Å²) in [7, 11) is 0. The smallest absolute Gasteiger partial charge is 0.416 e. The number of alkyl halides is 3. The van der Waals surface area contributed by atoms with Crippen LogP contribution in [0, 0.1) is 0 Å². The second kappa shape index (κ2) is 9.25. The van der Waals surface area contributed by atoms with Gasteiger partial charge >= 0.3 is 12.1 Å². The molecule has 5 heteroatoms. The zero-order chi connectivity index (χ0) is 19.0. The van der Waals surface area contributed by atoms with Crippen molar-refractivity contribution in [2.75, 3.05) is 6.61 Å². The fraction of sp³-hybridized carbons (Fsp3) is 0.350. The highest BCUT2D eigenvalue weighted by molar-refractivity contribution is 5.73. The van der Waals surface area contributed by atoms with E-state index in [-0.39, 0.29) is 12.4 Å². The quantitative estimate of drug-likeness (QED) is 0.488. The molecule has 25 heavy (non-hydrogen) atoms. The fourth-order valence-electron chi connectivity index (χ4n) is 2.15. The van der Waals surface area contributed by atoms with Crippen LogP contribution in [0.3, 0.4) is 0 Å². The Bertz CT molecular complexity index is 691. The molecule has 0 spiro atoms. The molecule has 0 amide bonds. The Morgan fingerprint density at radius 3 is 2.40 bits per heavy atom. The number of allylic oxidation sites excluding steroid dienone is 6. The van der Waals surface area contributed by atoms with Gasteiger partial charge in [0.05, 0.1) is 18.6 Å². The van der Waals surface area contributed by atoms with E-state index >= 15 is 0 Å². The SMILES string of the molecule is CCOC(=O)Cc1cccc(/C(C)=C/C=C(\C=C(C)C)C(F)(F)F)c1. The zero-order valence-electron chi connectivity index (χ0n) is 14.9. The first kappa shape index (κ1) is 20.7. The monoisotopic (exact) mass is 352 g/mol. The zero-order valence-corrected chi connectivity index (χ0v) is 14.9. The normalized spacial score (nSPS) is 12.8. The van der Waals surface area contributed by atoms with E-state index in [0.29, 0.717) is 17.8 Å². The molecular formula is C20H23F3O2. The maximum Gasteiger partial charge on any atom is 0.416 e. The summed E-state index contributed by atoms with van der Waals surface area (Å²) in [6.07, 6.45) is -0.650. The van der Waals surface area contributed by atoms with Gasteiger partial charge in [0.1, 0.15) is 0 Å². The van der Waals surface area contributed by atoms with E-state index in [4.69, 9.17) is 4.74 Å². The van der Waals surface area contributed by atoms with E-state index < -0.39 is 11.7 Å². The maximum absolute atomic E-state index is 13.0. The third-order valence-electron chi connectivity index (χ3n) is 3.32. The number of benzene rings is 1. The van der Waals surface area contributed by atoms with Gasteiger partial charge in [0, 0.05) is 0 Å². The van der Waals surface area contributed by atoms with E-state index in [1.165, 1.54) is 6.08 Å². The van der Waals surface area contributed by atoms with Crippen molar-refractivity contribution in [2.45, 2.75) is 40.3 Å². The summed E-state index contributed by atoms with van der Waals surface area (Å²) in [6.45, 7) is 7.02. The number of carbonyl (C=O) groups excluding carboxylic acids is 1. The number of hydrogen-bond acceptors (Lipinski definition) is 2. The molecular weight excluding hydrogens is 329 g/mol. The third kappa shape index (κ3) is 7.42.